The van der Waals surface area contributed by atoms with Crippen LogP contribution in [0.2, 0.25) is 0 Å². The third-order valence-corrected chi connectivity index (χ3v) is 8.18. The highest BCUT2D eigenvalue weighted by molar-refractivity contribution is 7.89. The van der Waals surface area contributed by atoms with E-state index in [2.05, 4.69) is 10.3 Å². The van der Waals surface area contributed by atoms with Crippen LogP contribution in [0.1, 0.15) is 41.9 Å². The Morgan fingerprint density at radius 2 is 1.69 bits per heavy atom. The van der Waals surface area contributed by atoms with Gasteiger partial charge in [-0.3, -0.25) is 10.1 Å². The molecule has 0 aliphatic heterocycles. The van der Waals surface area contributed by atoms with E-state index in [1.54, 1.807) is 20.3 Å². The number of aryl methyl sites for hydroxylation is 1. The lowest BCUT2D eigenvalue weighted by Gasteiger charge is -2.21. The fourth-order valence-corrected chi connectivity index (χ4v) is 6.09. The molecule has 1 amide bonds. The zero-order valence-corrected chi connectivity index (χ0v) is 22.3. The highest BCUT2D eigenvalue weighted by Crippen LogP contribution is 2.37. The van der Waals surface area contributed by atoms with E-state index in [1.807, 2.05) is 32.9 Å². The number of ether oxygens (including phenoxy) is 2. The van der Waals surface area contributed by atoms with Crippen molar-refractivity contribution in [2.24, 2.45) is 0 Å². The molecule has 1 N–H and O–H groups in total. The quantitative estimate of drug-likeness (QED) is 0.376. The molecule has 0 spiro atoms. The smallest absolute Gasteiger partial charge is 0.257 e. The van der Waals surface area contributed by atoms with Crippen LogP contribution in [0.4, 0.5) is 5.13 Å². The van der Waals surface area contributed by atoms with Crippen molar-refractivity contribution >= 4 is 32.4 Å². The van der Waals surface area contributed by atoms with Crippen LogP contribution in [0.15, 0.2) is 47.4 Å². The third kappa shape index (κ3) is 6.01. The Bertz CT molecular complexity index is 1260. The van der Waals surface area contributed by atoms with E-state index in [4.69, 9.17) is 9.47 Å². The summed E-state index contributed by atoms with van der Waals surface area (Å²) in [6, 6.07) is 11.5. The molecule has 3 aromatic rings. The summed E-state index contributed by atoms with van der Waals surface area (Å²) in [5.41, 5.74) is 1.84. The van der Waals surface area contributed by atoms with Gasteiger partial charge in [-0.05, 0) is 56.2 Å². The van der Waals surface area contributed by atoms with Crippen molar-refractivity contribution in [1.82, 2.24) is 9.29 Å². The van der Waals surface area contributed by atoms with Crippen LogP contribution in [0.25, 0.3) is 11.3 Å². The first-order valence-electron chi connectivity index (χ1n) is 11.4. The van der Waals surface area contributed by atoms with Crippen LogP contribution in [-0.2, 0) is 10.0 Å². The van der Waals surface area contributed by atoms with Gasteiger partial charge in [-0.2, -0.15) is 4.31 Å². The van der Waals surface area contributed by atoms with Gasteiger partial charge in [-0.1, -0.05) is 13.8 Å². The van der Waals surface area contributed by atoms with Crippen molar-refractivity contribution in [3.8, 4) is 22.8 Å². The minimum atomic E-state index is -3.60. The molecule has 0 aliphatic carbocycles. The molecule has 0 aliphatic rings. The maximum absolute atomic E-state index is 13.0. The predicted octanol–water partition coefficient (Wildman–Crippen LogP) is 5.20. The van der Waals surface area contributed by atoms with Gasteiger partial charge < -0.3 is 9.47 Å². The second-order valence-corrected chi connectivity index (χ2v) is 11.0. The van der Waals surface area contributed by atoms with Crippen LogP contribution < -0.4 is 14.8 Å². The zero-order valence-electron chi connectivity index (χ0n) is 20.6. The molecule has 0 fully saturated rings. The van der Waals surface area contributed by atoms with Gasteiger partial charge in [0.05, 0.1) is 24.8 Å². The number of methoxy groups -OCH3 is 2. The minimum absolute atomic E-state index is 0.176. The Hall–Kier alpha value is -2.95. The van der Waals surface area contributed by atoms with Gasteiger partial charge >= 0.3 is 0 Å². The largest absolute Gasteiger partial charge is 0.497 e. The number of hydrogen-bond donors (Lipinski definition) is 1. The molecular weight excluding hydrogens is 486 g/mol. The van der Waals surface area contributed by atoms with E-state index in [1.165, 1.54) is 39.9 Å². The maximum Gasteiger partial charge on any atom is 0.257 e. The van der Waals surface area contributed by atoms with Crippen LogP contribution in [0.5, 0.6) is 11.5 Å². The number of rotatable bonds is 11. The summed E-state index contributed by atoms with van der Waals surface area (Å²) in [7, 11) is -0.433. The average molecular weight is 518 g/mol. The van der Waals surface area contributed by atoms with Crippen molar-refractivity contribution in [2.75, 3.05) is 32.6 Å². The number of benzene rings is 2. The van der Waals surface area contributed by atoms with Crippen LogP contribution in [0.3, 0.4) is 0 Å². The summed E-state index contributed by atoms with van der Waals surface area (Å²) in [6.45, 7) is 6.74. The van der Waals surface area contributed by atoms with Gasteiger partial charge in [0.1, 0.15) is 11.5 Å². The summed E-state index contributed by atoms with van der Waals surface area (Å²) in [5, 5.41) is 3.25. The number of nitrogens with zero attached hydrogens (tertiary/aromatic N) is 2. The molecule has 8 nitrogen and oxygen atoms in total. The standard InChI is InChI=1S/C25H31N3O5S2/c1-6-14-28(15-7-2)35(30,31)20-11-8-18(9-12-20)24(29)27-25-26-23(17(3)34-25)21-13-10-19(32-4)16-22(21)33-5/h8-13,16H,6-7,14-15H2,1-5H3,(H,26,27,29). The molecule has 0 bridgehead atoms. The Balaban J connectivity index is 1.79. The van der Waals surface area contributed by atoms with E-state index < -0.39 is 10.0 Å². The van der Waals surface area contributed by atoms with Gasteiger partial charge in [0.15, 0.2) is 5.13 Å². The SMILES string of the molecule is CCCN(CCC)S(=O)(=O)c1ccc(C(=O)Nc2nc(-c3ccc(OC)cc3OC)c(C)s2)cc1. The monoisotopic (exact) mass is 517 g/mol. The first-order chi connectivity index (χ1) is 16.7. The van der Waals surface area contributed by atoms with E-state index >= 15 is 0 Å². The molecule has 1 aromatic heterocycles. The number of carbonyl (C=O) groups excluding carboxylic acids is 1. The topological polar surface area (TPSA) is 97.8 Å². The summed E-state index contributed by atoms with van der Waals surface area (Å²) < 4.78 is 38.1. The Morgan fingerprint density at radius 3 is 2.26 bits per heavy atom. The van der Waals surface area contributed by atoms with Crippen LogP contribution in [0, 0.1) is 6.92 Å². The Labute approximate surface area is 211 Å². The molecule has 35 heavy (non-hydrogen) atoms. The van der Waals surface area contributed by atoms with E-state index in [9.17, 15) is 13.2 Å². The predicted molar refractivity (Wildman–Crippen MR) is 139 cm³/mol. The van der Waals surface area contributed by atoms with Crippen molar-refractivity contribution < 1.29 is 22.7 Å². The van der Waals surface area contributed by atoms with E-state index in [0.717, 1.165) is 23.3 Å². The molecule has 2 aromatic carbocycles. The van der Waals surface area contributed by atoms with Crippen molar-refractivity contribution in [3.05, 3.63) is 52.9 Å². The maximum atomic E-state index is 13.0. The molecule has 10 heteroatoms. The number of aromatic nitrogens is 1. The molecule has 1 heterocycles. The van der Waals surface area contributed by atoms with E-state index in [0.29, 0.717) is 41.0 Å². The van der Waals surface area contributed by atoms with Crippen LogP contribution in [-0.4, -0.2) is 50.9 Å². The van der Waals surface area contributed by atoms with Crippen molar-refractivity contribution in [3.63, 3.8) is 0 Å². The van der Waals surface area contributed by atoms with Crippen LogP contribution >= 0.6 is 11.3 Å². The average Bonchev–Trinajstić information content (AvgIpc) is 3.22. The third-order valence-electron chi connectivity index (χ3n) is 5.38. The van der Waals surface area contributed by atoms with Gasteiger partial charge in [0, 0.05) is 35.2 Å². The summed E-state index contributed by atoms with van der Waals surface area (Å²) >= 11 is 1.35. The van der Waals surface area contributed by atoms with Crippen molar-refractivity contribution in [2.45, 2.75) is 38.5 Å². The van der Waals surface area contributed by atoms with Gasteiger partial charge in [-0.15, -0.1) is 11.3 Å². The highest BCUT2D eigenvalue weighted by Gasteiger charge is 2.23. The molecule has 0 unspecified atom stereocenters. The number of carbonyl (C=O) groups is 1. The fraction of sp³-hybridized carbons (Fsp3) is 0.360. The molecule has 188 valence electrons. The fourth-order valence-electron chi connectivity index (χ4n) is 3.64. The molecule has 0 radical (unpaired) electrons. The lowest BCUT2D eigenvalue weighted by Crippen LogP contribution is -2.32. The summed E-state index contributed by atoms with van der Waals surface area (Å²) in [6.07, 6.45) is 1.47. The normalized spacial score (nSPS) is 11.5. The second-order valence-electron chi connectivity index (χ2n) is 7.87. The number of amides is 1. The van der Waals surface area contributed by atoms with E-state index in [-0.39, 0.29) is 10.8 Å². The van der Waals surface area contributed by atoms with Gasteiger partial charge in [0.2, 0.25) is 10.0 Å². The first kappa shape index (κ1) is 26.7. The molecule has 0 atom stereocenters. The molecule has 3 rings (SSSR count). The Kier molecular flexibility index (Phi) is 8.87. The zero-order chi connectivity index (χ0) is 25.6. The molecule has 0 saturated heterocycles. The lowest BCUT2D eigenvalue weighted by molar-refractivity contribution is 0.102. The minimum Gasteiger partial charge on any atom is -0.497 e. The number of thiazole rings is 1. The van der Waals surface area contributed by atoms with Gasteiger partial charge in [-0.25, -0.2) is 13.4 Å². The first-order valence-corrected chi connectivity index (χ1v) is 13.6. The number of hydrogen-bond acceptors (Lipinski definition) is 7. The number of anilines is 1. The lowest BCUT2D eigenvalue weighted by atomic mass is 10.1. The second kappa shape index (κ2) is 11.7. The molecular formula is C25H31N3O5S2. The van der Waals surface area contributed by atoms with Crippen molar-refractivity contribution in [1.29, 1.82) is 0 Å². The Morgan fingerprint density at radius 1 is 1.03 bits per heavy atom. The highest BCUT2D eigenvalue weighted by atomic mass is 32.2. The van der Waals surface area contributed by atoms with Gasteiger partial charge in [0.25, 0.3) is 5.91 Å². The summed E-state index contributed by atoms with van der Waals surface area (Å²) in [4.78, 5) is 18.5. The summed E-state index contributed by atoms with van der Waals surface area (Å²) in [5.74, 6) is 0.924. The molecule has 0 saturated carbocycles. The number of nitrogens with one attached hydrogen (secondary N) is 1. The number of sulfonamides is 1.